The Morgan fingerprint density at radius 3 is 2.46 bits per heavy atom. The van der Waals surface area contributed by atoms with Crippen molar-refractivity contribution >= 4 is 66.3 Å². The number of thiocarbonyl (C=S) groups is 1. The Hall–Kier alpha value is -1.68. The largest absolute Gasteiger partial charge is 0.378 e. The van der Waals surface area contributed by atoms with Crippen molar-refractivity contribution in [3.63, 3.8) is 0 Å². The van der Waals surface area contributed by atoms with E-state index in [1.807, 2.05) is 0 Å². The smallest absolute Gasteiger partial charge is 0.339 e. The zero-order valence-electron chi connectivity index (χ0n) is 13.4. The third kappa shape index (κ3) is 4.01. The number of hydrogen-bond donors (Lipinski definition) is 0. The summed E-state index contributed by atoms with van der Waals surface area (Å²) in [6, 6.07) is 12.8. The average molecular weight is 470 g/mol. The zero-order chi connectivity index (χ0) is 18.9. The molecule has 0 aromatic heterocycles. The van der Waals surface area contributed by atoms with Gasteiger partial charge in [0.05, 0.1) is 9.38 Å². The summed E-state index contributed by atoms with van der Waals surface area (Å²) in [7, 11) is -2.30. The maximum absolute atomic E-state index is 12.3. The van der Waals surface area contributed by atoms with Gasteiger partial charge in [0.1, 0.15) is 9.22 Å². The summed E-state index contributed by atoms with van der Waals surface area (Å²) in [5.74, 6) is -0.00264. The summed E-state index contributed by atoms with van der Waals surface area (Å²) in [6.45, 7) is 0. The van der Waals surface area contributed by atoms with E-state index in [4.69, 9.17) is 16.4 Å². The summed E-state index contributed by atoms with van der Waals surface area (Å²) in [4.78, 5) is 14.0. The first-order chi connectivity index (χ1) is 12.3. The van der Waals surface area contributed by atoms with Gasteiger partial charge in [-0.1, -0.05) is 48.2 Å². The third-order valence-electron chi connectivity index (χ3n) is 3.47. The van der Waals surface area contributed by atoms with Crippen LogP contribution in [0.15, 0.2) is 62.8 Å². The second-order valence-electron chi connectivity index (χ2n) is 5.28. The molecule has 3 rings (SSSR count). The molecule has 2 aromatic carbocycles. The lowest BCUT2D eigenvalue weighted by Crippen LogP contribution is -2.22. The first-order valence-corrected chi connectivity index (χ1v) is 10.7. The predicted molar refractivity (Wildman–Crippen MR) is 109 cm³/mol. The molecule has 0 radical (unpaired) electrons. The summed E-state index contributed by atoms with van der Waals surface area (Å²) in [5.41, 5.74) is 0.718. The highest BCUT2D eigenvalue weighted by molar-refractivity contribution is 9.10. The van der Waals surface area contributed by atoms with Crippen LogP contribution < -0.4 is 4.18 Å². The lowest BCUT2D eigenvalue weighted by Gasteiger charge is -2.09. The van der Waals surface area contributed by atoms with Crippen LogP contribution >= 0.6 is 39.9 Å². The SMILES string of the molecule is CN1C(=O)/C(=C/c2ccc(OS(=O)(=O)c3ccccc3)c(Br)c2)SC1=S. The molecule has 0 saturated carbocycles. The Kier molecular flexibility index (Phi) is 5.52. The molecule has 134 valence electrons. The maximum atomic E-state index is 12.3. The normalized spacial score (nSPS) is 16.4. The lowest BCUT2D eigenvalue weighted by atomic mass is 10.2. The van der Waals surface area contributed by atoms with Gasteiger partial charge in [-0.2, -0.15) is 8.42 Å². The number of hydrogen-bond acceptors (Lipinski definition) is 6. The van der Waals surface area contributed by atoms with Crippen molar-refractivity contribution < 1.29 is 17.4 Å². The van der Waals surface area contributed by atoms with Gasteiger partial charge >= 0.3 is 10.1 Å². The predicted octanol–water partition coefficient (Wildman–Crippen LogP) is 4.05. The summed E-state index contributed by atoms with van der Waals surface area (Å²) in [5, 5.41) is 0. The Morgan fingerprint density at radius 1 is 1.19 bits per heavy atom. The number of amides is 1. The van der Waals surface area contributed by atoms with E-state index in [-0.39, 0.29) is 16.6 Å². The Balaban J connectivity index is 1.85. The van der Waals surface area contributed by atoms with Crippen LogP contribution in [0.25, 0.3) is 6.08 Å². The molecule has 1 amide bonds. The van der Waals surface area contributed by atoms with Crippen LogP contribution in [0, 0.1) is 0 Å². The van der Waals surface area contributed by atoms with Gasteiger partial charge in [0.25, 0.3) is 5.91 Å². The molecule has 26 heavy (non-hydrogen) atoms. The zero-order valence-corrected chi connectivity index (χ0v) is 17.4. The molecule has 9 heteroatoms. The van der Waals surface area contributed by atoms with Crippen molar-refractivity contribution in [2.75, 3.05) is 7.05 Å². The fourth-order valence-corrected chi connectivity index (χ4v) is 4.86. The number of carbonyl (C=O) groups excluding carboxylic acids is 1. The van der Waals surface area contributed by atoms with Crippen molar-refractivity contribution in [2.24, 2.45) is 0 Å². The van der Waals surface area contributed by atoms with E-state index in [0.717, 1.165) is 5.56 Å². The summed E-state index contributed by atoms with van der Waals surface area (Å²) >= 11 is 9.63. The van der Waals surface area contributed by atoms with Gasteiger partial charge in [0.15, 0.2) is 5.75 Å². The minimum absolute atomic E-state index is 0.0718. The van der Waals surface area contributed by atoms with E-state index < -0.39 is 10.1 Å². The molecule has 1 aliphatic rings. The molecule has 0 N–H and O–H groups in total. The van der Waals surface area contributed by atoms with Gasteiger partial charge in [0, 0.05) is 7.05 Å². The summed E-state index contributed by atoms with van der Waals surface area (Å²) in [6.07, 6.45) is 1.70. The lowest BCUT2D eigenvalue weighted by molar-refractivity contribution is -0.121. The van der Waals surface area contributed by atoms with E-state index in [1.54, 1.807) is 43.5 Å². The topological polar surface area (TPSA) is 63.7 Å². The van der Waals surface area contributed by atoms with Gasteiger partial charge in [-0.25, -0.2) is 0 Å². The van der Waals surface area contributed by atoms with Crippen molar-refractivity contribution in [1.82, 2.24) is 4.90 Å². The number of nitrogens with zero attached hydrogens (tertiary/aromatic N) is 1. The highest BCUT2D eigenvalue weighted by Gasteiger charge is 2.28. The Labute approximate surface area is 169 Å². The molecule has 0 unspecified atom stereocenters. The Morgan fingerprint density at radius 2 is 1.88 bits per heavy atom. The number of halogens is 1. The van der Waals surface area contributed by atoms with E-state index in [1.165, 1.54) is 34.9 Å². The minimum atomic E-state index is -3.92. The number of thioether (sulfide) groups is 1. The number of likely N-dealkylation sites (N-methyl/N-ethyl adjacent to an activating group) is 1. The number of carbonyl (C=O) groups is 1. The van der Waals surface area contributed by atoms with Crippen LogP contribution in [0.5, 0.6) is 5.75 Å². The third-order valence-corrected chi connectivity index (χ3v) is 6.82. The standard InChI is InChI=1S/C17H12BrNO4S3/c1-19-16(20)15(25-17(19)24)10-11-7-8-14(13(18)9-11)23-26(21,22)12-5-3-2-4-6-12/h2-10H,1H3/b15-10-. The van der Waals surface area contributed by atoms with Crippen molar-refractivity contribution in [3.8, 4) is 5.75 Å². The number of benzene rings is 2. The fourth-order valence-electron chi connectivity index (χ4n) is 2.12. The van der Waals surface area contributed by atoms with Crippen LogP contribution in [-0.4, -0.2) is 30.6 Å². The first-order valence-electron chi connectivity index (χ1n) is 7.28. The van der Waals surface area contributed by atoms with E-state index >= 15 is 0 Å². The molecule has 1 saturated heterocycles. The molecular formula is C17H12BrNO4S3. The second-order valence-corrected chi connectivity index (χ2v) is 9.36. The molecule has 0 spiro atoms. The van der Waals surface area contributed by atoms with Gasteiger partial charge in [0.2, 0.25) is 0 Å². The molecule has 1 heterocycles. The first kappa shape index (κ1) is 19.1. The molecule has 1 fully saturated rings. The van der Waals surface area contributed by atoms with Gasteiger partial charge < -0.3 is 4.18 Å². The number of rotatable bonds is 4. The van der Waals surface area contributed by atoms with Gasteiger partial charge in [-0.05, 0) is 51.8 Å². The van der Waals surface area contributed by atoms with Crippen LogP contribution in [0.2, 0.25) is 0 Å². The van der Waals surface area contributed by atoms with E-state index in [2.05, 4.69) is 15.9 Å². The molecule has 0 bridgehead atoms. The van der Waals surface area contributed by atoms with Crippen molar-refractivity contribution in [2.45, 2.75) is 4.90 Å². The van der Waals surface area contributed by atoms with Crippen molar-refractivity contribution in [1.29, 1.82) is 0 Å². The van der Waals surface area contributed by atoms with Crippen LogP contribution in [0.3, 0.4) is 0 Å². The highest BCUT2D eigenvalue weighted by Crippen LogP contribution is 2.34. The molecular weight excluding hydrogens is 458 g/mol. The van der Waals surface area contributed by atoms with Crippen LogP contribution in [0.1, 0.15) is 5.56 Å². The maximum Gasteiger partial charge on any atom is 0.339 e. The fraction of sp³-hybridized carbons (Fsp3) is 0.0588. The van der Waals surface area contributed by atoms with Crippen LogP contribution in [0.4, 0.5) is 0 Å². The monoisotopic (exact) mass is 469 g/mol. The highest BCUT2D eigenvalue weighted by atomic mass is 79.9. The van der Waals surface area contributed by atoms with Gasteiger partial charge in [-0.3, -0.25) is 9.69 Å². The summed E-state index contributed by atoms with van der Waals surface area (Å²) < 4.78 is 30.8. The Bertz CT molecular complexity index is 1020. The molecule has 2 aromatic rings. The van der Waals surface area contributed by atoms with E-state index in [9.17, 15) is 13.2 Å². The molecule has 0 atom stereocenters. The quantitative estimate of drug-likeness (QED) is 0.382. The second kappa shape index (κ2) is 7.51. The van der Waals surface area contributed by atoms with Crippen LogP contribution in [-0.2, 0) is 14.9 Å². The van der Waals surface area contributed by atoms with Gasteiger partial charge in [-0.15, -0.1) is 0 Å². The van der Waals surface area contributed by atoms with Crippen molar-refractivity contribution in [3.05, 3.63) is 63.5 Å². The average Bonchev–Trinajstić information content (AvgIpc) is 2.85. The molecule has 5 nitrogen and oxygen atoms in total. The molecule has 0 aliphatic carbocycles. The molecule has 1 aliphatic heterocycles. The van der Waals surface area contributed by atoms with E-state index in [0.29, 0.717) is 13.7 Å². The minimum Gasteiger partial charge on any atom is -0.378 e.